The predicted octanol–water partition coefficient (Wildman–Crippen LogP) is 4.39. The molecule has 1 aliphatic carbocycles. The normalized spacial score (nSPS) is 14.8. The zero-order chi connectivity index (χ0) is 18.0. The molecule has 2 aromatic carbocycles. The van der Waals surface area contributed by atoms with Crippen LogP contribution in [0.25, 0.3) is 11.1 Å². The molecule has 1 saturated carbocycles. The quantitative estimate of drug-likeness (QED) is 0.625. The average molecular weight is 342 g/mol. The van der Waals surface area contributed by atoms with Crippen LogP contribution >= 0.6 is 0 Å². The number of hydrogen-bond donors (Lipinski definition) is 1. The first-order valence-electron chi connectivity index (χ1n) is 8.27. The van der Waals surface area contributed by atoms with E-state index in [4.69, 9.17) is 9.84 Å². The minimum atomic E-state index is -1.00. The first-order chi connectivity index (χ1) is 11.9. The van der Waals surface area contributed by atoms with E-state index in [1.54, 1.807) is 36.4 Å². The van der Waals surface area contributed by atoms with Crippen LogP contribution in [0.1, 0.15) is 37.7 Å². The van der Waals surface area contributed by atoms with Gasteiger partial charge in [0.1, 0.15) is 11.6 Å². The number of aliphatic carboxylic acids is 1. The van der Waals surface area contributed by atoms with E-state index in [1.165, 1.54) is 13.0 Å². The van der Waals surface area contributed by atoms with Gasteiger partial charge in [0.25, 0.3) is 0 Å². The monoisotopic (exact) mass is 342 g/mol. The molecule has 0 radical (unpaired) electrons. The average Bonchev–Trinajstić information content (AvgIpc) is 3.37. The van der Waals surface area contributed by atoms with Gasteiger partial charge in [-0.3, -0.25) is 9.59 Å². The number of esters is 1. The summed E-state index contributed by atoms with van der Waals surface area (Å²) in [7, 11) is 0. The third-order valence-electron chi connectivity index (χ3n) is 4.39. The van der Waals surface area contributed by atoms with Crippen LogP contribution in [0.4, 0.5) is 4.39 Å². The van der Waals surface area contributed by atoms with Gasteiger partial charge >= 0.3 is 11.9 Å². The van der Waals surface area contributed by atoms with Gasteiger partial charge in [0.2, 0.25) is 0 Å². The van der Waals surface area contributed by atoms with Gasteiger partial charge in [-0.25, -0.2) is 4.39 Å². The molecule has 25 heavy (non-hydrogen) atoms. The van der Waals surface area contributed by atoms with E-state index in [-0.39, 0.29) is 5.97 Å². The van der Waals surface area contributed by atoms with E-state index in [0.717, 1.165) is 12.8 Å². The third kappa shape index (κ3) is 4.24. The summed E-state index contributed by atoms with van der Waals surface area (Å²) in [5.74, 6) is -1.74. The Labute approximate surface area is 145 Å². The van der Waals surface area contributed by atoms with Crippen LogP contribution in [-0.2, 0) is 9.59 Å². The molecule has 1 aliphatic rings. The number of carboxylic acid groups (broad SMARTS) is 1. The highest BCUT2D eigenvalue weighted by Crippen LogP contribution is 2.33. The lowest BCUT2D eigenvalue weighted by Gasteiger charge is -2.11. The molecule has 0 saturated heterocycles. The third-order valence-corrected chi connectivity index (χ3v) is 4.39. The van der Waals surface area contributed by atoms with Crippen LogP contribution in [0.15, 0.2) is 42.5 Å². The fourth-order valence-electron chi connectivity index (χ4n) is 2.64. The molecule has 2 aromatic rings. The van der Waals surface area contributed by atoms with Gasteiger partial charge in [-0.1, -0.05) is 24.3 Å². The lowest BCUT2D eigenvalue weighted by atomic mass is 9.97. The molecule has 4 nitrogen and oxygen atoms in total. The van der Waals surface area contributed by atoms with Crippen molar-refractivity contribution in [2.24, 2.45) is 5.92 Å². The Hall–Kier alpha value is -2.69. The second-order valence-electron chi connectivity index (χ2n) is 6.45. The first kappa shape index (κ1) is 17.1. The van der Waals surface area contributed by atoms with Gasteiger partial charge in [-0.15, -0.1) is 0 Å². The molecule has 0 aromatic heterocycles. The summed E-state index contributed by atoms with van der Waals surface area (Å²) in [6.45, 7) is 1.51. The van der Waals surface area contributed by atoms with Crippen LogP contribution in [0, 0.1) is 11.7 Å². The van der Waals surface area contributed by atoms with Crippen molar-refractivity contribution >= 4 is 11.9 Å². The van der Waals surface area contributed by atoms with Crippen LogP contribution in [-0.4, -0.2) is 17.0 Å². The number of halogens is 1. The van der Waals surface area contributed by atoms with Gasteiger partial charge in [0.05, 0.1) is 5.92 Å². The lowest BCUT2D eigenvalue weighted by molar-refractivity contribution is -0.138. The number of ether oxygens (including phenoxy) is 1. The standard InChI is InChI=1S/C20H19FO4/c1-12(20(23)24)14-7-8-17(18(21)11-14)15-3-2-4-16(10-15)25-19(22)9-13-5-6-13/h2-4,7-8,10-13H,5-6,9H2,1H3,(H,23,24). The van der Waals surface area contributed by atoms with Crippen molar-refractivity contribution < 1.29 is 23.8 Å². The molecular weight excluding hydrogens is 323 g/mol. The van der Waals surface area contributed by atoms with Crippen molar-refractivity contribution in [3.8, 4) is 16.9 Å². The maximum absolute atomic E-state index is 14.4. The fraction of sp³-hybridized carbons (Fsp3) is 0.300. The minimum Gasteiger partial charge on any atom is -0.481 e. The molecule has 1 unspecified atom stereocenters. The Morgan fingerprint density at radius 1 is 1.24 bits per heavy atom. The highest BCUT2D eigenvalue weighted by Gasteiger charge is 2.25. The maximum Gasteiger partial charge on any atom is 0.311 e. The number of benzene rings is 2. The summed E-state index contributed by atoms with van der Waals surface area (Å²) in [5.41, 5.74) is 1.31. The van der Waals surface area contributed by atoms with Crippen molar-refractivity contribution in [1.82, 2.24) is 0 Å². The van der Waals surface area contributed by atoms with E-state index >= 15 is 0 Å². The van der Waals surface area contributed by atoms with Crippen molar-refractivity contribution in [3.63, 3.8) is 0 Å². The number of rotatable bonds is 6. The molecule has 0 aliphatic heterocycles. The smallest absolute Gasteiger partial charge is 0.311 e. The highest BCUT2D eigenvalue weighted by molar-refractivity contribution is 5.77. The molecule has 5 heteroatoms. The summed E-state index contributed by atoms with van der Waals surface area (Å²) < 4.78 is 19.8. The highest BCUT2D eigenvalue weighted by atomic mass is 19.1. The maximum atomic E-state index is 14.4. The van der Waals surface area contributed by atoms with E-state index in [2.05, 4.69) is 0 Å². The number of hydrogen-bond acceptors (Lipinski definition) is 3. The fourth-order valence-corrected chi connectivity index (χ4v) is 2.64. The molecule has 3 rings (SSSR count). The van der Waals surface area contributed by atoms with E-state index in [0.29, 0.717) is 34.8 Å². The summed E-state index contributed by atoms with van der Waals surface area (Å²) in [6.07, 6.45) is 2.56. The second-order valence-corrected chi connectivity index (χ2v) is 6.45. The summed E-state index contributed by atoms with van der Waals surface area (Å²) >= 11 is 0. The van der Waals surface area contributed by atoms with Crippen LogP contribution in [0.5, 0.6) is 5.75 Å². The SMILES string of the molecule is CC(C(=O)O)c1ccc(-c2cccc(OC(=O)CC3CC3)c2)c(F)c1. The van der Waals surface area contributed by atoms with Crippen LogP contribution in [0.2, 0.25) is 0 Å². The minimum absolute atomic E-state index is 0.272. The molecule has 0 amide bonds. The van der Waals surface area contributed by atoms with E-state index in [9.17, 15) is 14.0 Å². The van der Waals surface area contributed by atoms with E-state index < -0.39 is 17.7 Å². The van der Waals surface area contributed by atoms with Crippen LogP contribution < -0.4 is 4.74 Å². The zero-order valence-corrected chi connectivity index (χ0v) is 13.9. The molecule has 0 heterocycles. The van der Waals surface area contributed by atoms with Crippen LogP contribution in [0.3, 0.4) is 0 Å². The second kappa shape index (κ2) is 7.05. The predicted molar refractivity (Wildman–Crippen MR) is 90.9 cm³/mol. The molecule has 1 fully saturated rings. The molecule has 130 valence electrons. The Morgan fingerprint density at radius 3 is 2.64 bits per heavy atom. The van der Waals surface area contributed by atoms with Gasteiger partial charge in [0.15, 0.2) is 0 Å². The largest absolute Gasteiger partial charge is 0.481 e. The lowest BCUT2D eigenvalue weighted by Crippen LogP contribution is -2.08. The summed E-state index contributed by atoms with van der Waals surface area (Å²) in [6, 6.07) is 11.1. The number of carbonyl (C=O) groups is 2. The van der Waals surface area contributed by atoms with Crippen molar-refractivity contribution in [2.45, 2.75) is 32.1 Å². The van der Waals surface area contributed by atoms with Crippen molar-refractivity contribution in [1.29, 1.82) is 0 Å². The topological polar surface area (TPSA) is 63.6 Å². The Kier molecular flexibility index (Phi) is 4.83. The Balaban J connectivity index is 1.80. The summed E-state index contributed by atoms with van der Waals surface area (Å²) in [5, 5.41) is 9.03. The Bertz CT molecular complexity index is 811. The van der Waals surface area contributed by atoms with E-state index in [1.807, 2.05) is 0 Å². The molecule has 1 atom stereocenters. The Morgan fingerprint density at radius 2 is 2.00 bits per heavy atom. The van der Waals surface area contributed by atoms with Gasteiger partial charge in [-0.2, -0.15) is 0 Å². The summed E-state index contributed by atoms with van der Waals surface area (Å²) in [4.78, 5) is 22.8. The zero-order valence-electron chi connectivity index (χ0n) is 13.9. The molecule has 1 N–H and O–H groups in total. The van der Waals surface area contributed by atoms with Gasteiger partial charge < -0.3 is 9.84 Å². The molecule has 0 bridgehead atoms. The molecular formula is C20H19FO4. The first-order valence-corrected chi connectivity index (χ1v) is 8.27. The van der Waals surface area contributed by atoms with Crippen molar-refractivity contribution in [2.75, 3.05) is 0 Å². The number of carbonyl (C=O) groups excluding carboxylic acids is 1. The van der Waals surface area contributed by atoms with Crippen molar-refractivity contribution in [3.05, 3.63) is 53.8 Å². The van der Waals surface area contributed by atoms with Gasteiger partial charge in [-0.05, 0) is 55.0 Å². The van der Waals surface area contributed by atoms with Gasteiger partial charge in [0, 0.05) is 12.0 Å². The molecule has 0 spiro atoms. The number of carboxylic acids is 1.